The van der Waals surface area contributed by atoms with Crippen molar-refractivity contribution in [1.82, 2.24) is 23.7 Å². The third-order valence-corrected chi connectivity index (χ3v) is 8.79. The monoisotopic (exact) mass is 861 g/mol. The molecule has 4 heterocycles. The van der Waals surface area contributed by atoms with Gasteiger partial charge >= 0.3 is 17.8 Å². The zero-order chi connectivity index (χ0) is 38.5. The van der Waals surface area contributed by atoms with Crippen LogP contribution < -0.4 is 66.9 Å². The molecule has 21 heteroatoms. The van der Waals surface area contributed by atoms with Gasteiger partial charge in [0.1, 0.15) is 22.1 Å². The molecule has 0 bridgehead atoms. The molecule has 0 saturated carbocycles. The summed E-state index contributed by atoms with van der Waals surface area (Å²) in [7, 11) is 11.5. The molecule has 0 aliphatic rings. The summed E-state index contributed by atoms with van der Waals surface area (Å²) in [5.74, 6) is 3.23. The van der Waals surface area contributed by atoms with Crippen molar-refractivity contribution in [3.8, 4) is 0 Å². The highest BCUT2D eigenvalue weighted by Gasteiger charge is 2.16. The summed E-state index contributed by atoms with van der Waals surface area (Å²) in [6.45, 7) is 0. The van der Waals surface area contributed by atoms with Crippen LogP contribution in [0.25, 0.3) is 0 Å². The fourth-order valence-corrected chi connectivity index (χ4v) is 5.56. The summed E-state index contributed by atoms with van der Waals surface area (Å²) in [5, 5.41) is 36.5. The average molecular weight is 864 g/mol. The maximum absolute atomic E-state index is 6.96. The van der Waals surface area contributed by atoms with Crippen LogP contribution in [-0.4, -0.2) is 23.7 Å². The first kappa shape index (κ1) is 44.4. The zero-order valence-corrected chi connectivity index (χ0v) is 35.2. The van der Waals surface area contributed by atoms with E-state index in [1.54, 1.807) is 0 Å². The molecule has 17 nitrogen and oxygen atoms in total. The van der Waals surface area contributed by atoms with Gasteiger partial charge in [-0.25, -0.2) is 27.4 Å². The molecular formula is C37H39Cl4N17. The van der Waals surface area contributed by atoms with E-state index in [2.05, 4.69) is 46.6 Å². The molecule has 0 aliphatic heterocycles. The van der Waals surface area contributed by atoms with Gasteiger partial charge in [-0.05, 0) is 72.8 Å². The Balaban J connectivity index is 0.00000248. The van der Waals surface area contributed by atoms with Crippen molar-refractivity contribution in [2.24, 2.45) is 73.0 Å². The molecule has 7 aromatic rings. The molecule has 4 aromatic heterocycles. The van der Waals surface area contributed by atoms with Crippen LogP contribution in [0.15, 0.2) is 141 Å². The number of halogens is 4. The minimum atomic E-state index is 0. The van der Waals surface area contributed by atoms with Crippen LogP contribution >= 0.6 is 11.6 Å². The molecule has 0 atom stereocenters. The Bertz CT molecular complexity index is 2360. The van der Waals surface area contributed by atoms with Crippen molar-refractivity contribution < 1.29 is 50.9 Å². The molecule has 0 amide bonds. The van der Waals surface area contributed by atoms with E-state index in [0.717, 1.165) is 34.9 Å². The number of azo groups is 3. The molecule has 7 rings (SSSR count). The Morgan fingerprint density at radius 1 is 0.466 bits per heavy atom. The Kier molecular flexibility index (Phi) is 15.1. The first-order valence-electron chi connectivity index (χ1n) is 17.1. The highest BCUT2D eigenvalue weighted by Crippen LogP contribution is 2.34. The summed E-state index contributed by atoms with van der Waals surface area (Å²) >= 11 is 6.96. The van der Waals surface area contributed by atoms with Crippen molar-refractivity contribution >= 4 is 81.2 Å². The van der Waals surface area contributed by atoms with Gasteiger partial charge in [0.25, 0.3) is 0 Å². The molecule has 0 saturated heterocycles. The van der Waals surface area contributed by atoms with Crippen molar-refractivity contribution in [2.45, 2.75) is 0 Å². The van der Waals surface area contributed by atoms with E-state index >= 15 is 0 Å². The third-order valence-electron chi connectivity index (χ3n) is 8.43. The van der Waals surface area contributed by atoms with E-state index < -0.39 is 0 Å². The first-order chi connectivity index (χ1) is 26.6. The number of hydrogen-bond donors (Lipinski definition) is 3. The van der Waals surface area contributed by atoms with Gasteiger partial charge in [-0.3, -0.25) is 0 Å². The Labute approximate surface area is 358 Å². The number of imidazole rings is 3. The number of hydrogen-bond acceptors (Lipinski definition) is 11. The number of rotatable bonds is 12. The van der Waals surface area contributed by atoms with E-state index in [-0.39, 0.29) is 42.2 Å². The standard InChI is InChI=1S/C37H36ClN17.3ClH/c1-50-19-20-51(2)35(50)47-44-28-13-7-25(8-14-28)39-32-31(38)33(40-26-9-15-29(16-10-26)45-48-36-52(3)21-22-53(36)4)43-34(42-32)41-27-11-17-30(18-12-27)46-49-37-54(5)23-24-55(37)6;;;/h7-24H,1-6H3;3*1H. The highest BCUT2D eigenvalue weighted by molar-refractivity contribution is 6.35. The van der Waals surface area contributed by atoms with Gasteiger partial charge in [-0.15, -0.1) is 0 Å². The number of aromatic nitrogens is 8. The molecule has 0 radical (unpaired) electrons. The lowest BCUT2D eigenvalue weighted by atomic mass is 10.2. The van der Waals surface area contributed by atoms with Crippen LogP contribution in [0.4, 0.5) is 69.6 Å². The van der Waals surface area contributed by atoms with E-state index in [1.807, 2.05) is 180 Å². The molecule has 0 aliphatic carbocycles. The van der Waals surface area contributed by atoms with Crippen LogP contribution in [0, 0.1) is 0 Å². The van der Waals surface area contributed by atoms with E-state index in [0.29, 0.717) is 34.6 Å². The van der Waals surface area contributed by atoms with Crippen LogP contribution in [-0.2, 0) is 42.3 Å². The molecule has 0 unspecified atom stereocenters. The summed E-state index contributed by atoms with van der Waals surface area (Å²) in [4.78, 5) is 9.47. The molecule has 3 aromatic carbocycles. The normalized spacial score (nSPS) is 11.1. The number of nitrogens with zero attached hydrogens (tertiary/aromatic N) is 14. The number of aryl methyl sites for hydroxylation is 6. The van der Waals surface area contributed by atoms with Gasteiger partial charge in [0, 0.05) is 32.4 Å². The topological polar surface area (TPSA) is 162 Å². The molecule has 0 spiro atoms. The fourth-order valence-electron chi connectivity index (χ4n) is 5.38. The van der Waals surface area contributed by atoms with Gasteiger partial charge < -0.3 is 53.2 Å². The second kappa shape index (κ2) is 19.7. The number of nitrogens with one attached hydrogen (secondary N) is 3. The zero-order valence-electron chi connectivity index (χ0n) is 32.2. The van der Waals surface area contributed by atoms with Crippen molar-refractivity contribution in [3.05, 3.63) is 115 Å². The van der Waals surface area contributed by atoms with Crippen molar-refractivity contribution in [1.29, 1.82) is 0 Å². The van der Waals surface area contributed by atoms with E-state index in [4.69, 9.17) is 21.6 Å². The van der Waals surface area contributed by atoms with Gasteiger partial charge in [-0.2, -0.15) is 9.97 Å². The van der Waals surface area contributed by atoms with Crippen LogP contribution in [0.3, 0.4) is 0 Å². The summed E-state index contributed by atoms with van der Waals surface area (Å²) in [6.07, 6.45) is 11.5. The van der Waals surface area contributed by atoms with Gasteiger partial charge in [0.2, 0.25) is 5.95 Å². The molecule has 300 valence electrons. The quantitative estimate of drug-likeness (QED) is 0.107. The maximum Gasteiger partial charge on any atom is 0.421 e. The molecule has 0 fully saturated rings. The highest BCUT2D eigenvalue weighted by atomic mass is 35.5. The predicted octanol–water partition coefficient (Wildman–Crippen LogP) is -0.892. The largest absolute Gasteiger partial charge is 1.00 e. The summed E-state index contributed by atoms with van der Waals surface area (Å²) in [6, 6.07) is 22.4. The third kappa shape index (κ3) is 10.6. The lowest BCUT2D eigenvalue weighted by molar-refractivity contribution is -0.657. The number of benzene rings is 3. The summed E-state index contributed by atoms with van der Waals surface area (Å²) < 4.78 is 11.4. The minimum absolute atomic E-state index is 0. The van der Waals surface area contributed by atoms with Crippen LogP contribution in [0.1, 0.15) is 0 Å². The molecular weight excluding hydrogens is 824 g/mol. The molecule has 58 heavy (non-hydrogen) atoms. The second-order valence-electron chi connectivity index (χ2n) is 12.6. The van der Waals surface area contributed by atoms with Crippen LogP contribution in [0.5, 0.6) is 0 Å². The smallest absolute Gasteiger partial charge is 0.421 e. The van der Waals surface area contributed by atoms with Crippen LogP contribution in [0.2, 0.25) is 5.02 Å². The molecule has 3 N–H and O–H groups in total. The fraction of sp³-hybridized carbons (Fsp3) is 0.162. The lowest BCUT2D eigenvalue weighted by Gasteiger charge is -2.15. The predicted molar refractivity (Wildman–Crippen MR) is 209 cm³/mol. The average Bonchev–Trinajstić information content (AvgIpc) is 3.81. The summed E-state index contributed by atoms with van der Waals surface area (Å²) in [5.41, 5.74) is 4.28. The second-order valence-corrected chi connectivity index (χ2v) is 13.0. The number of anilines is 6. The SMILES string of the molecule is Cn1cc[n+](C)c1N=Nc1ccc(Nc2nc(Nc3ccc(N=Nc4n(C)cc[n+]4C)cc3)c(Cl)c(Nc3ccc(N=Nc4n(C)cc[n+]4C)cc3)n2)cc1.[Cl-].[Cl-].[Cl-]. The van der Waals surface area contributed by atoms with E-state index in [9.17, 15) is 0 Å². The Hall–Kier alpha value is -6.27. The lowest BCUT2D eigenvalue weighted by Crippen LogP contribution is -3.00. The Morgan fingerprint density at radius 2 is 0.759 bits per heavy atom. The van der Waals surface area contributed by atoms with Gasteiger partial charge in [0.05, 0.1) is 79.5 Å². The minimum Gasteiger partial charge on any atom is -1.00 e. The van der Waals surface area contributed by atoms with Gasteiger partial charge in [-0.1, -0.05) is 26.9 Å². The van der Waals surface area contributed by atoms with Crippen molar-refractivity contribution in [2.75, 3.05) is 16.0 Å². The van der Waals surface area contributed by atoms with E-state index in [1.165, 1.54) is 0 Å². The maximum atomic E-state index is 6.96. The van der Waals surface area contributed by atoms with Crippen molar-refractivity contribution in [3.63, 3.8) is 0 Å². The Morgan fingerprint density at radius 3 is 1.03 bits per heavy atom. The first-order valence-corrected chi connectivity index (χ1v) is 17.4. The van der Waals surface area contributed by atoms with Gasteiger partial charge in [0.15, 0.2) is 11.6 Å².